The molecule has 2 aromatic rings. The van der Waals surface area contributed by atoms with Crippen molar-refractivity contribution >= 4 is 17.4 Å². The van der Waals surface area contributed by atoms with Crippen LogP contribution in [0.25, 0.3) is 0 Å². The molecular formula is C17H17ClFN3. The zero-order valence-corrected chi connectivity index (χ0v) is 13.1. The van der Waals surface area contributed by atoms with Crippen LogP contribution < -0.4 is 4.90 Å². The van der Waals surface area contributed by atoms with Crippen LogP contribution in [0.1, 0.15) is 29.2 Å². The zero-order valence-electron chi connectivity index (χ0n) is 12.4. The van der Waals surface area contributed by atoms with E-state index in [1.807, 2.05) is 30.2 Å². The molecule has 0 radical (unpaired) electrons. The van der Waals surface area contributed by atoms with Crippen molar-refractivity contribution < 1.29 is 4.39 Å². The van der Waals surface area contributed by atoms with Gasteiger partial charge in [-0.2, -0.15) is 0 Å². The Morgan fingerprint density at radius 1 is 1.36 bits per heavy atom. The average Bonchev–Trinajstić information content (AvgIpc) is 2.91. The number of rotatable bonds is 4. The van der Waals surface area contributed by atoms with Crippen LogP contribution in [0.3, 0.4) is 0 Å². The molecule has 114 valence electrons. The summed E-state index contributed by atoms with van der Waals surface area (Å²) in [5.74, 6) is 0.778. The molecule has 1 atom stereocenters. The zero-order chi connectivity index (χ0) is 15.7. The van der Waals surface area contributed by atoms with Gasteiger partial charge in [0.1, 0.15) is 11.6 Å². The molecule has 0 fully saturated rings. The number of hydrogen-bond donors (Lipinski definition) is 0. The highest BCUT2D eigenvalue weighted by molar-refractivity contribution is 6.28. The van der Waals surface area contributed by atoms with Crippen LogP contribution in [0.5, 0.6) is 0 Å². The van der Waals surface area contributed by atoms with E-state index < -0.39 is 0 Å². The van der Waals surface area contributed by atoms with Crippen molar-refractivity contribution in [3.8, 4) is 0 Å². The summed E-state index contributed by atoms with van der Waals surface area (Å²) in [7, 11) is 1.96. The first-order valence-corrected chi connectivity index (χ1v) is 7.61. The van der Waals surface area contributed by atoms with Crippen molar-refractivity contribution in [1.82, 2.24) is 9.97 Å². The lowest BCUT2D eigenvalue weighted by atomic mass is 9.97. The summed E-state index contributed by atoms with van der Waals surface area (Å²) in [4.78, 5) is 10.8. The number of benzene rings is 1. The fourth-order valence-electron chi connectivity index (χ4n) is 3.03. The van der Waals surface area contributed by atoms with E-state index in [4.69, 9.17) is 11.6 Å². The van der Waals surface area contributed by atoms with Gasteiger partial charge in [0.25, 0.3) is 0 Å². The highest BCUT2D eigenvalue weighted by Gasteiger charge is 2.30. The molecule has 1 aliphatic rings. The predicted molar refractivity (Wildman–Crippen MR) is 87.1 cm³/mol. The summed E-state index contributed by atoms with van der Waals surface area (Å²) >= 11 is 6.12. The van der Waals surface area contributed by atoms with Crippen LogP contribution in [-0.4, -0.2) is 23.6 Å². The van der Waals surface area contributed by atoms with Crippen molar-refractivity contribution in [3.05, 3.63) is 64.8 Å². The van der Waals surface area contributed by atoms with Gasteiger partial charge in [-0.15, -0.1) is 6.58 Å². The Bertz CT molecular complexity index is 700. The number of hydrogen-bond acceptors (Lipinski definition) is 3. The molecular weight excluding hydrogens is 301 g/mol. The van der Waals surface area contributed by atoms with Crippen LogP contribution in [0.4, 0.5) is 10.2 Å². The van der Waals surface area contributed by atoms with Gasteiger partial charge in [-0.3, -0.25) is 0 Å². The topological polar surface area (TPSA) is 29.0 Å². The lowest BCUT2D eigenvalue weighted by Crippen LogP contribution is -2.20. The molecule has 1 aliphatic carbocycles. The molecule has 0 bridgehead atoms. The minimum atomic E-state index is -0.228. The molecule has 0 aliphatic heterocycles. The molecule has 0 saturated heterocycles. The van der Waals surface area contributed by atoms with Crippen molar-refractivity contribution in [3.63, 3.8) is 0 Å². The molecule has 0 N–H and O–H groups in total. The Kier molecular flexibility index (Phi) is 4.12. The predicted octanol–water partition coefficient (Wildman–Crippen LogP) is 3.97. The van der Waals surface area contributed by atoms with Crippen LogP contribution in [0.15, 0.2) is 36.9 Å². The van der Waals surface area contributed by atoms with Gasteiger partial charge in [0.2, 0.25) is 5.28 Å². The summed E-state index contributed by atoms with van der Waals surface area (Å²) in [6, 6.07) is 6.61. The first-order chi connectivity index (χ1) is 10.6. The van der Waals surface area contributed by atoms with Gasteiger partial charge in [-0.05, 0) is 42.1 Å². The minimum absolute atomic E-state index is 0.145. The maximum absolute atomic E-state index is 13.1. The monoisotopic (exact) mass is 317 g/mol. The maximum atomic E-state index is 13.1. The smallest absolute Gasteiger partial charge is 0.224 e. The minimum Gasteiger partial charge on any atom is -0.356 e. The Morgan fingerprint density at radius 2 is 2.09 bits per heavy atom. The van der Waals surface area contributed by atoms with Gasteiger partial charge in [-0.25, -0.2) is 14.4 Å². The first-order valence-electron chi connectivity index (χ1n) is 7.24. The molecule has 1 aromatic heterocycles. The molecule has 1 aromatic carbocycles. The highest BCUT2D eigenvalue weighted by atomic mass is 35.5. The van der Waals surface area contributed by atoms with E-state index in [0.29, 0.717) is 6.54 Å². The maximum Gasteiger partial charge on any atom is 0.224 e. The van der Waals surface area contributed by atoms with E-state index in [9.17, 15) is 4.39 Å². The SMILES string of the molecule is C=CCN(C)c1nc(Cl)nc2c1CCC2c1ccc(F)cc1. The van der Waals surface area contributed by atoms with E-state index in [2.05, 4.69) is 16.5 Å². The fraction of sp³-hybridized carbons (Fsp3) is 0.294. The Morgan fingerprint density at radius 3 is 2.77 bits per heavy atom. The molecule has 1 unspecified atom stereocenters. The first kappa shape index (κ1) is 15.0. The molecule has 3 rings (SSSR count). The molecule has 3 nitrogen and oxygen atoms in total. The Labute approximate surface area is 134 Å². The number of aromatic nitrogens is 2. The Balaban J connectivity index is 2.03. The van der Waals surface area contributed by atoms with Gasteiger partial charge in [0.15, 0.2) is 0 Å². The molecule has 0 amide bonds. The van der Waals surface area contributed by atoms with Crippen molar-refractivity contribution in [2.24, 2.45) is 0 Å². The normalized spacial score (nSPS) is 16.4. The number of anilines is 1. The summed E-state index contributed by atoms with van der Waals surface area (Å²) in [6.07, 6.45) is 3.66. The van der Waals surface area contributed by atoms with Crippen LogP contribution >= 0.6 is 11.6 Å². The fourth-order valence-corrected chi connectivity index (χ4v) is 3.20. The molecule has 22 heavy (non-hydrogen) atoms. The number of nitrogens with zero attached hydrogens (tertiary/aromatic N) is 3. The highest BCUT2D eigenvalue weighted by Crippen LogP contribution is 2.40. The van der Waals surface area contributed by atoms with E-state index >= 15 is 0 Å². The van der Waals surface area contributed by atoms with Crippen LogP contribution in [-0.2, 0) is 6.42 Å². The summed E-state index contributed by atoms with van der Waals surface area (Å²) in [5, 5.41) is 0.249. The number of halogens is 2. The lowest BCUT2D eigenvalue weighted by molar-refractivity contribution is 0.625. The molecule has 0 saturated carbocycles. The third-order valence-corrected chi connectivity index (χ3v) is 4.21. The standard InChI is InChI=1S/C17H17ClFN3/c1-3-10-22(2)16-14-9-8-13(15(14)20-17(18)21-16)11-4-6-12(19)7-5-11/h3-7,13H,1,8-10H2,2H3. The second-order valence-electron chi connectivity index (χ2n) is 5.49. The average molecular weight is 318 g/mol. The summed E-state index contributed by atoms with van der Waals surface area (Å²) in [5.41, 5.74) is 3.15. The summed E-state index contributed by atoms with van der Waals surface area (Å²) in [6.45, 7) is 4.45. The summed E-state index contributed by atoms with van der Waals surface area (Å²) < 4.78 is 13.1. The van der Waals surface area contributed by atoms with Crippen LogP contribution in [0, 0.1) is 5.82 Å². The molecule has 0 spiro atoms. The van der Waals surface area contributed by atoms with Crippen LogP contribution in [0.2, 0.25) is 5.28 Å². The number of fused-ring (bicyclic) bond motifs is 1. The van der Waals surface area contributed by atoms with Crippen molar-refractivity contribution in [2.45, 2.75) is 18.8 Å². The van der Waals surface area contributed by atoms with Crippen molar-refractivity contribution in [1.29, 1.82) is 0 Å². The lowest BCUT2D eigenvalue weighted by Gasteiger charge is -2.20. The largest absolute Gasteiger partial charge is 0.356 e. The third-order valence-electron chi connectivity index (χ3n) is 4.04. The molecule has 1 heterocycles. The number of likely N-dealkylation sites (N-methyl/N-ethyl adjacent to an activating group) is 1. The Hall–Kier alpha value is -1.94. The second-order valence-corrected chi connectivity index (χ2v) is 5.83. The third kappa shape index (κ3) is 2.71. The molecule has 5 heteroatoms. The van der Waals surface area contributed by atoms with Gasteiger partial charge in [0.05, 0.1) is 5.69 Å². The van der Waals surface area contributed by atoms with E-state index in [-0.39, 0.29) is 17.0 Å². The quantitative estimate of drug-likeness (QED) is 0.631. The van der Waals surface area contributed by atoms with E-state index in [0.717, 1.165) is 35.5 Å². The van der Waals surface area contributed by atoms with Gasteiger partial charge in [-0.1, -0.05) is 18.2 Å². The van der Waals surface area contributed by atoms with E-state index in [1.165, 1.54) is 12.1 Å². The van der Waals surface area contributed by atoms with Gasteiger partial charge in [0, 0.05) is 25.1 Å². The van der Waals surface area contributed by atoms with E-state index in [1.54, 1.807) is 0 Å². The van der Waals surface area contributed by atoms with Gasteiger partial charge >= 0.3 is 0 Å². The van der Waals surface area contributed by atoms with Gasteiger partial charge < -0.3 is 4.90 Å². The van der Waals surface area contributed by atoms with Crippen molar-refractivity contribution in [2.75, 3.05) is 18.5 Å². The second kappa shape index (κ2) is 6.05.